The highest BCUT2D eigenvalue weighted by Crippen LogP contribution is 2.47. The topological polar surface area (TPSA) is 0 Å². The summed E-state index contributed by atoms with van der Waals surface area (Å²) in [6, 6.07) is 58.9. The standard InChI is InChI=1S/C40H24/c1-2-13-28(14-3-1)37-25-29-16-4-5-17-30(29)26-38(37)40-35-22-10-8-20-33(35)39(34-21-9-11-23-36(34)40)32-24-12-18-27-15-6-7-19-31(27)32/h2,4-26H. The fraction of sp³-hybridized carbons (Fsp3) is 0. The van der Waals surface area contributed by atoms with Crippen LogP contribution in [0.15, 0.2) is 146 Å². The molecule has 8 aromatic carbocycles. The highest BCUT2D eigenvalue weighted by atomic mass is 14.2. The molecule has 0 saturated carbocycles. The van der Waals surface area contributed by atoms with Crippen LogP contribution in [-0.4, -0.2) is 0 Å². The van der Waals surface area contributed by atoms with Crippen LogP contribution in [0.25, 0.3) is 76.5 Å². The summed E-state index contributed by atoms with van der Waals surface area (Å²) < 4.78 is 0. The molecule has 0 N–H and O–H groups in total. The van der Waals surface area contributed by atoms with Crippen LogP contribution < -0.4 is 0 Å². The van der Waals surface area contributed by atoms with Crippen LogP contribution in [0.4, 0.5) is 0 Å². The van der Waals surface area contributed by atoms with Crippen molar-refractivity contribution in [3.05, 3.63) is 158 Å². The van der Waals surface area contributed by atoms with Crippen molar-refractivity contribution in [2.24, 2.45) is 0 Å². The van der Waals surface area contributed by atoms with Gasteiger partial charge in [-0.25, -0.2) is 0 Å². The average Bonchev–Trinajstić information content (AvgIpc) is 3.03. The molecule has 0 heterocycles. The van der Waals surface area contributed by atoms with Crippen LogP contribution in [0.2, 0.25) is 0 Å². The molecule has 0 atom stereocenters. The molecule has 0 aliphatic carbocycles. The van der Waals surface area contributed by atoms with E-state index in [9.17, 15) is 0 Å². The lowest BCUT2D eigenvalue weighted by Gasteiger charge is -2.21. The van der Waals surface area contributed by atoms with Gasteiger partial charge in [-0.1, -0.05) is 127 Å². The summed E-state index contributed by atoms with van der Waals surface area (Å²) in [5.74, 6) is 0. The largest absolute Gasteiger partial charge is 0.0702 e. The van der Waals surface area contributed by atoms with E-state index in [2.05, 4.69) is 146 Å². The number of rotatable bonds is 3. The van der Waals surface area contributed by atoms with Gasteiger partial charge in [0.05, 0.1) is 0 Å². The van der Waals surface area contributed by atoms with Crippen molar-refractivity contribution >= 4 is 43.1 Å². The van der Waals surface area contributed by atoms with Gasteiger partial charge < -0.3 is 0 Å². The van der Waals surface area contributed by atoms with Gasteiger partial charge in [0.2, 0.25) is 0 Å². The molecule has 0 aliphatic heterocycles. The molecule has 0 aliphatic rings. The molecule has 0 nitrogen and oxygen atoms in total. The minimum absolute atomic E-state index is 1.14. The number of benzene rings is 7. The van der Waals surface area contributed by atoms with Gasteiger partial charge in [0.15, 0.2) is 0 Å². The summed E-state index contributed by atoms with van der Waals surface area (Å²) in [6.07, 6.45) is 0. The summed E-state index contributed by atoms with van der Waals surface area (Å²) in [5, 5.41) is 10.0. The summed E-state index contributed by atoms with van der Waals surface area (Å²) in [4.78, 5) is 0. The molecule has 0 spiro atoms. The van der Waals surface area contributed by atoms with E-state index in [1.165, 1.54) is 70.9 Å². The van der Waals surface area contributed by atoms with E-state index >= 15 is 0 Å². The van der Waals surface area contributed by atoms with E-state index < -0.39 is 0 Å². The van der Waals surface area contributed by atoms with Crippen molar-refractivity contribution in [3.8, 4) is 33.4 Å². The first-order valence-corrected chi connectivity index (χ1v) is 13.7. The fourth-order valence-electron chi connectivity index (χ4n) is 6.35. The molecule has 0 bridgehead atoms. The molecule has 0 unspecified atom stereocenters. The highest BCUT2D eigenvalue weighted by molar-refractivity contribution is 6.24. The first-order valence-electron chi connectivity index (χ1n) is 13.7. The molecule has 0 amide bonds. The molecular formula is C40H24. The Kier molecular flexibility index (Phi) is 5.15. The predicted octanol–water partition coefficient (Wildman–Crippen LogP) is 10.9. The van der Waals surface area contributed by atoms with Gasteiger partial charge in [0, 0.05) is 0 Å². The SMILES string of the molecule is c1ccc(-c2cc3ccccc3cc2-c2c3ccccc3c(-c3cccc4ccccc34)c3ccccc23)cc#1. The lowest BCUT2D eigenvalue weighted by molar-refractivity contribution is 1.64. The van der Waals surface area contributed by atoms with Crippen LogP contribution in [0, 0.1) is 12.1 Å². The molecular weight excluding hydrogens is 480 g/mol. The van der Waals surface area contributed by atoms with Gasteiger partial charge in [-0.15, -0.1) is 0 Å². The maximum Gasteiger partial charge on any atom is -0.00199 e. The quantitative estimate of drug-likeness (QED) is 0.210. The first-order chi connectivity index (χ1) is 19.9. The van der Waals surface area contributed by atoms with Crippen LogP contribution >= 0.6 is 0 Å². The van der Waals surface area contributed by atoms with E-state index in [-0.39, 0.29) is 0 Å². The van der Waals surface area contributed by atoms with E-state index in [0.717, 1.165) is 5.56 Å². The minimum Gasteiger partial charge on any atom is -0.0702 e. The summed E-state index contributed by atoms with van der Waals surface area (Å²) in [5.41, 5.74) is 7.41. The van der Waals surface area contributed by atoms with Gasteiger partial charge in [-0.3, -0.25) is 0 Å². The zero-order valence-electron chi connectivity index (χ0n) is 21.9. The Balaban J connectivity index is 1.56. The normalized spacial score (nSPS) is 11.3. The third kappa shape index (κ3) is 3.49. The summed E-state index contributed by atoms with van der Waals surface area (Å²) >= 11 is 0. The van der Waals surface area contributed by atoms with Crippen molar-refractivity contribution in [3.63, 3.8) is 0 Å². The predicted molar refractivity (Wildman–Crippen MR) is 170 cm³/mol. The molecule has 0 radical (unpaired) electrons. The third-order valence-corrected chi connectivity index (χ3v) is 8.11. The molecule has 0 saturated heterocycles. The van der Waals surface area contributed by atoms with E-state index in [1.807, 2.05) is 12.1 Å². The van der Waals surface area contributed by atoms with Crippen molar-refractivity contribution in [2.75, 3.05) is 0 Å². The summed E-state index contributed by atoms with van der Waals surface area (Å²) in [6.45, 7) is 0. The molecule has 0 heteroatoms. The molecule has 0 fully saturated rings. The molecule has 0 aromatic heterocycles. The third-order valence-electron chi connectivity index (χ3n) is 8.11. The number of hydrogen-bond donors (Lipinski definition) is 0. The molecule has 8 aromatic rings. The lowest BCUT2D eigenvalue weighted by atomic mass is 9.82. The van der Waals surface area contributed by atoms with Gasteiger partial charge in [-0.05, 0) is 107 Å². The Morgan fingerprint density at radius 3 is 1.45 bits per heavy atom. The number of fused-ring (bicyclic) bond motifs is 4. The maximum atomic E-state index is 3.18. The van der Waals surface area contributed by atoms with Gasteiger partial charge in [-0.2, -0.15) is 0 Å². The van der Waals surface area contributed by atoms with E-state index in [1.54, 1.807) is 0 Å². The Morgan fingerprint density at radius 2 is 0.850 bits per heavy atom. The van der Waals surface area contributed by atoms with Crippen molar-refractivity contribution < 1.29 is 0 Å². The fourth-order valence-corrected chi connectivity index (χ4v) is 6.35. The average molecular weight is 505 g/mol. The lowest BCUT2D eigenvalue weighted by Crippen LogP contribution is -1.93. The first kappa shape index (κ1) is 22.6. The zero-order chi connectivity index (χ0) is 26.5. The second kappa shape index (κ2) is 9.12. The van der Waals surface area contributed by atoms with Crippen LogP contribution in [0.3, 0.4) is 0 Å². The summed E-state index contributed by atoms with van der Waals surface area (Å²) in [7, 11) is 0. The minimum atomic E-state index is 1.14. The Hall–Kier alpha value is -5.38. The second-order valence-electron chi connectivity index (χ2n) is 10.3. The smallest absolute Gasteiger partial charge is 0.00199 e. The van der Waals surface area contributed by atoms with E-state index in [0.29, 0.717) is 0 Å². The second-order valence-corrected chi connectivity index (χ2v) is 10.3. The Bertz CT molecular complexity index is 2140. The van der Waals surface area contributed by atoms with Crippen molar-refractivity contribution in [1.82, 2.24) is 0 Å². The van der Waals surface area contributed by atoms with Crippen molar-refractivity contribution in [1.29, 1.82) is 0 Å². The number of hydrogen-bond acceptors (Lipinski definition) is 0. The van der Waals surface area contributed by atoms with E-state index in [4.69, 9.17) is 0 Å². The van der Waals surface area contributed by atoms with Crippen LogP contribution in [0.5, 0.6) is 0 Å². The molecule has 184 valence electrons. The molecule has 40 heavy (non-hydrogen) atoms. The van der Waals surface area contributed by atoms with Crippen LogP contribution in [-0.2, 0) is 0 Å². The van der Waals surface area contributed by atoms with Gasteiger partial charge in [0.25, 0.3) is 0 Å². The van der Waals surface area contributed by atoms with Crippen molar-refractivity contribution in [2.45, 2.75) is 0 Å². The maximum absolute atomic E-state index is 3.18. The Morgan fingerprint density at radius 1 is 0.350 bits per heavy atom. The van der Waals surface area contributed by atoms with Gasteiger partial charge in [0.1, 0.15) is 0 Å². The molecule has 8 rings (SSSR count). The Labute approximate surface area is 233 Å². The highest BCUT2D eigenvalue weighted by Gasteiger charge is 2.20. The monoisotopic (exact) mass is 504 g/mol. The van der Waals surface area contributed by atoms with Crippen LogP contribution in [0.1, 0.15) is 0 Å². The van der Waals surface area contributed by atoms with Gasteiger partial charge >= 0.3 is 0 Å². The zero-order valence-corrected chi connectivity index (χ0v) is 21.9.